The molecule has 0 bridgehead atoms. The Bertz CT molecular complexity index is 2050. The monoisotopic (exact) mass is 1020 g/mol. The van der Waals surface area contributed by atoms with Gasteiger partial charge in [0.15, 0.2) is 0 Å². The third kappa shape index (κ3) is 16.5. The van der Waals surface area contributed by atoms with Crippen molar-refractivity contribution in [3.63, 3.8) is 0 Å². The van der Waals surface area contributed by atoms with Gasteiger partial charge >= 0.3 is 37.9 Å². The molecule has 0 aliphatic heterocycles. The fourth-order valence-electron chi connectivity index (χ4n) is 11.8. The maximum atomic E-state index is 4.93. The van der Waals surface area contributed by atoms with Crippen molar-refractivity contribution in [3.8, 4) is 22.3 Å². The van der Waals surface area contributed by atoms with Gasteiger partial charge in [0, 0.05) is 9.52 Å². The van der Waals surface area contributed by atoms with Crippen molar-refractivity contribution in [1.82, 2.24) is 0 Å². The molecule has 6 aromatic carbocycles. The van der Waals surface area contributed by atoms with Crippen molar-refractivity contribution in [3.05, 3.63) is 131 Å². The molecule has 354 valence electrons. The first-order chi connectivity index (χ1) is 32.3. The summed E-state index contributed by atoms with van der Waals surface area (Å²) in [4.78, 5) is 0. The van der Waals surface area contributed by atoms with Crippen LogP contribution in [0.25, 0.3) is 43.8 Å². The Hall–Kier alpha value is -2.22. The predicted molar refractivity (Wildman–Crippen MR) is 294 cm³/mol. The van der Waals surface area contributed by atoms with Crippen molar-refractivity contribution < 1.29 is 20.8 Å². The van der Waals surface area contributed by atoms with Crippen LogP contribution in [0.3, 0.4) is 0 Å². The van der Waals surface area contributed by atoms with E-state index in [1.807, 2.05) is 0 Å². The van der Waals surface area contributed by atoms with Gasteiger partial charge in [0.2, 0.25) is 0 Å². The SMILES string of the molecule is CCCC1(Cc2cc3c(-c4ccc(CC)cc4)cccc3[cH-]2)CCCCCCCC1.CCCC1(Cc2cc3c(-c4ccc(CC)cc4)cccc3[cH-]2)CCCCCCCC1.C[Si]C.[Cl][Zr+2][Cl]. The molecule has 2 fully saturated rings. The first-order valence-corrected chi connectivity index (χ1v) is 34.7. The van der Waals surface area contributed by atoms with Gasteiger partial charge in [0.05, 0.1) is 0 Å². The molecular formula is C62H84Cl2SiZr. The molecule has 0 nitrogen and oxygen atoms in total. The number of benzene rings is 4. The Kier molecular flexibility index (Phi) is 24.6. The zero-order chi connectivity index (χ0) is 47.0. The standard InChI is InChI=1S/2C30H39.C2H6Si.2ClH.Zr/c2*1-3-18-30(19-9-7-5-6-8-10-20-30)23-25-21-27-12-11-13-28(29(27)22-25)26-16-14-24(4-2)15-17-26;1-3-2;;;/h2*11-17,21-22H,3-10,18-20,23H2,1-2H3;1-2H3;2*1H;/q2*-1;;;;+4/p-2. The van der Waals surface area contributed by atoms with Crippen LogP contribution < -0.4 is 0 Å². The van der Waals surface area contributed by atoms with Crippen molar-refractivity contribution in [2.75, 3.05) is 0 Å². The van der Waals surface area contributed by atoms with Crippen LogP contribution in [0.5, 0.6) is 0 Å². The van der Waals surface area contributed by atoms with E-state index in [-0.39, 0.29) is 0 Å². The summed E-state index contributed by atoms with van der Waals surface area (Å²) in [5, 5.41) is 5.70. The Morgan fingerprint density at radius 2 is 0.803 bits per heavy atom. The number of fused-ring (bicyclic) bond motifs is 2. The van der Waals surface area contributed by atoms with Gasteiger partial charge in [-0.3, -0.25) is 0 Å². The summed E-state index contributed by atoms with van der Waals surface area (Å²) in [6.45, 7) is 13.5. The van der Waals surface area contributed by atoms with E-state index in [1.165, 1.54) is 196 Å². The fraction of sp³-hybridized carbons (Fsp3) is 0.516. The topological polar surface area (TPSA) is 0 Å². The second-order valence-electron chi connectivity index (χ2n) is 20.1. The molecule has 4 heteroatoms. The van der Waals surface area contributed by atoms with Crippen LogP contribution in [0.1, 0.15) is 178 Å². The molecule has 0 N–H and O–H groups in total. The Balaban J connectivity index is 0.000000221. The number of halogens is 2. The van der Waals surface area contributed by atoms with E-state index in [0.29, 0.717) is 10.8 Å². The zero-order valence-electron chi connectivity index (χ0n) is 42.1. The van der Waals surface area contributed by atoms with Gasteiger partial charge in [0.25, 0.3) is 0 Å². The molecule has 2 radical (unpaired) electrons. The summed E-state index contributed by atoms with van der Waals surface area (Å²) >= 11 is -0.826. The van der Waals surface area contributed by atoms with Crippen LogP contribution in [0.15, 0.2) is 109 Å². The molecule has 66 heavy (non-hydrogen) atoms. The number of hydrogen-bond donors (Lipinski definition) is 0. The third-order valence-corrected chi connectivity index (χ3v) is 15.0. The second-order valence-corrected chi connectivity index (χ2v) is 24.8. The van der Waals surface area contributed by atoms with Gasteiger partial charge in [-0.25, -0.2) is 0 Å². The first-order valence-electron chi connectivity index (χ1n) is 26.4. The van der Waals surface area contributed by atoms with Crippen molar-refractivity contribution in [2.24, 2.45) is 10.8 Å². The van der Waals surface area contributed by atoms with E-state index in [0.717, 1.165) is 22.4 Å². The average Bonchev–Trinajstić information content (AvgIpc) is 3.99. The molecule has 0 heterocycles. The Morgan fingerprint density at radius 1 is 0.485 bits per heavy atom. The van der Waals surface area contributed by atoms with Gasteiger partial charge < -0.3 is 0 Å². The summed E-state index contributed by atoms with van der Waals surface area (Å²) < 4.78 is 0. The third-order valence-electron chi connectivity index (χ3n) is 15.0. The van der Waals surface area contributed by atoms with Crippen LogP contribution in [0.2, 0.25) is 13.1 Å². The van der Waals surface area contributed by atoms with Crippen LogP contribution in [-0.2, 0) is 46.5 Å². The maximum absolute atomic E-state index is 4.93. The van der Waals surface area contributed by atoms with Gasteiger partial charge in [-0.2, -0.15) is 12.1 Å². The molecule has 0 atom stereocenters. The summed E-state index contributed by atoms with van der Waals surface area (Å²) in [5.41, 5.74) is 12.5. The molecule has 8 rings (SSSR count). The summed E-state index contributed by atoms with van der Waals surface area (Å²) in [5.74, 6) is 0. The van der Waals surface area contributed by atoms with E-state index in [2.05, 4.69) is 150 Å². The fourth-order valence-corrected chi connectivity index (χ4v) is 11.8. The Labute approximate surface area is 425 Å². The van der Waals surface area contributed by atoms with E-state index in [4.69, 9.17) is 17.0 Å². The molecule has 2 aliphatic rings. The van der Waals surface area contributed by atoms with Crippen LogP contribution in [0, 0.1) is 10.8 Å². The minimum absolute atomic E-state index is 0.520. The molecule has 0 unspecified atom stereocenters. The normalized spacial score (nSPS) is 16.2. The Morgan fingerprint density at radius 3 is 1.11 bits per heavy atom. The molecule has 6 aromatic rings. The number of hydrogen-bond acceptors (Lipinski definition) is 0. The van der Waals surface area contributed by atoms with Crippen LogP contribution in [0.4, 0.5) is 0 Å². The van der Waals surface area contributed by atoms with Gasteiger partial charge in [-0.05, 0) is 97.3 Å². The molecule has 0 saturated heterocycles. The minimum atomic E-state index is -0.826. The van der Waals surface area contributed by atoms with Gasteiger partial charge in [-0.15, -0.1) is 69.1 Å². The quantitative estimate of drug-likeness (QED) is 0.0846. The van der Waals surface area contributed by atoms with Crippen molar-refractivity contribution in [2.45, 2.75) is 195 Å². The van der Waals surface area contributed by atoms with Crippen molar-refractivity contribution >= 4 is 48.1 Å². The van der Waals surface area contributed by atoms with E-state index >= 15 is 0 Å². The van der Waals surface area contributed by atoms with Gasteiger partial charge in [-0.1, -0.05) is 202 Å². The second kappa shape index (κ2) is 29.7. The summed E-state index contributed by atoms with van der Waals surface area (Å²) in [6, 6.07) is 42.0. The molecule has 0 aromatic heterocycles. The van der Waals surface area contributed by atoms with Crippen LogP contribution >= 0.6 is 17.0 Å². The molecule has 2 saturated carbocycles. The van der Waals surface area contributed by atoms with Crippen LogP contribution in [-0.4, -0.2) is 9.52 Å². The molecule has 0 amide bonds. The van der Waals surface area contributed by atoms with Gasteiger partial charge in [0.1, 0.15) is 0 Å². The first kappa shape index (κ1) is 54.7. The summed E-state index contributed by atoms with van der Waals surface area (Å²) in [7, 11) is 11.0. The molecule has 2 aliphatic carbocycles. The van der Waals surface area contributed by atoms with Crippen molar-refractivity contribution in [1.29, 1.82) is 0 Å². The predicted octanol–water partition coefficient (Wildman–Crippen LogP) is 20.7. The number of aryl methyl sites for hydroxylation is 2. The average molecular weight is 1020 g/mol. The van der Waals surface area contributed by atoms with E-state index in [9.17, 15) is 0 Å². The zero-order valence-corrected chi connectivity index (χ0v) is 47.1. The van der Waals surface area contributed by atoms with E-state index in [1.54, 1.807) is 11.1 Å². The van der Waals surface area contributed by atoms with E-state index < -0.39 is 20.8 Å². The summed E-state index contributed by atoms with van der Waals surface area (Å²) in [6.07, 6.45) is 33.1. The number of rotatable bonds is 12. The molecular weight excluding hydrogens is 935 g/mol. The molecule has 0 spiro atoms.